The van der Waals surface area contributed by atoms with Crippen LogP contribution in [0.5, 0.6) is 0 Å². The molecule has 0 spiro atoms. The van der Waals surface area contributed by atoms with Gasteiger partial charge in [0.25, 0.3) is 0 Å². The molecule has 43 heavy (non-hydrogen) atoms. The average molecular weight is 571 g/mol. The lowest BCUT2D eigenvalue weighted by atomic mass is 9.70. The molecule has 226 valence electrons. The zero-order valence-electron chi connectivity index (χ0n) is 27.5. The van der Waals surface area contributed by atoms with E-state index in [4.69, 9.17) is 0 Å². The molecule has 0 saturated heterocycles. The summed E-state index contributed by atoms with van der Waals surface area (Å²) in [7, 11) is 0. The van der Waals surface area contributed by atoms with Gasteiger partial charge in [0.15, 0.2) is 0 Å². The fourth-order valence-electron chi connectivity index (χ4n) is 7.42. The van der Waals surface area contributed by atoms with Gasteiger partial charge in [-0.15, -0.1) is 0 Å². The van der Waals surface area contributed by atoms with E-state index in [1.165, 1.54) is 134 Å². The largest absolute Gasteiger partial charge is 0.0654 e. The van der Waals surface area contributed by atoms with Gasteiger partial charge in [-0.25, -0.2) is 0 Å². The summed E-state index contributed by atoms with van der Waals surface area (Å²) >= 11 is 0. The Bertz CT molecular complexity index is 1320. The zero-order valence-corrected chi connectivity index (χ0v) is 27.5. The van der Waals surface area contributed by atoms with Gasteiger partial charge >= 0.3 is 0 Å². The van der Waals surface area contributed by atoms with Crippen LogP contribution < -0.4 is 0 Å². The van der Waals surface area contributed by atoms with Crippen LogP contribution in [0.15, 0.2) is 84.9 Å². The first-order valence-electron chi connectivity index (χ1n) is 17.5. The van der Waals surface area contributed by atoms with E-state index in [9.17, 15) is 0 Å². The summed E-state index contributed by atoms with van der Waals surface area (Å²) in [5.41, 5.74) is 14.2. The van der Waals surface area contributed by atoms with Crippen LogP contribution in [0.1, 0.15) is 126 Å². The van der Waals surface area contributed by atoms with Gasteiger partial charge in [-0.3, -0.25) is 0 Å². The van der Waals surface area contributed by atoms with E-state index in [0.29, 0.717) is 0 Å². The van der Waals surface area contributed by atoms with Crippen LogP contribution in [0.4, 0.5) is 0 Å². The minimum Gasteiger partial charge on any atom is -0.0654 e. The Labute approximate surface area is 263 Å². The molecule has 0 N–H and O–H groups in total. The minimum absolute atomic E-state index is 0.0849. The van der Waals surface area contributed by atoms with Gasteiger partial charge in [0.2, 0.25) is 0 Å². The molecule has 0 bridgehead atoms. The number of fused-ring (bicyclic) bond motifs is 3. The molecule has 0 atom stereocenters. The molecule has 0 aliphatic heterocycles. The van der Waals surface area contributed by atoms with Crippen molar-refractivity contribution in [3.05, 3.63) is 107 Å². The summed E-state index contributed by atoms with van der Waals surface area (Å²) in [6, 6.07) is 33.0. The third-order valence-electron chi connectivity index (χ3n) is 10.0. The maximum atomic E-state index is 2.58. The predicted octanol–water partition coefficient (Wildman–Crippen LogP) is 13.4. The van der Waals surface area contributed by atoms with Crippen LogP contribution in [0.2, 0.25) is 0 Å². The summed E-state index contributed by atoms with van der Waals surface area (Å²) in [6.07, 6.45) is 18.7. The molecule has 0 aromatic heterocycles. The lowest BCUT2D eigenvalue weighted by Gasteiger charge is -2.33. The molecule has 4 aromatic carbocycles. The topological polar surface area (TPSA) is 0 Å². The first-order valence-corrected chi connectivity index (χ1v) is 17.5. The van der Waals surface area contributed by atoms with Crippen molar-refractivity contribution >= 4 is 0 Å². The Morgan fingerprint density at radius 2 is 0.744 bits per heavy atom. The maximum absolute atomic E-state index is 2.58. The summed E-state index contributed by atoms with van der Waals surface area (Å²) in [6.45, 7) is 9.00. The van der Waals surface area contributed by atoms with Crippen molar-refractivity contribution < 1.29 is 0 Å². The maximum Gasteiger partial charge on any atom is 0.0215 e. The monoisotopic (exact) mass is 570 g/mol. The van der Waals surface area contributed by atoms with Crippen LogP contribution in [-0.4, -0.2) is 0 Å². The van der Waals surface area contributed by atoms with Crippen LogP contribution in [0.25, 0.3) is 33.4 Å². The lowest BCUT2D eigenvalue weighted by molar-refractivity contribution is 0.398. The fraction of sp³-hybridized carbons (Fsp3) is 0.442. The minimum atomic E-state index is 0.0849. The summed E-state index contributed by atoms with van der Waals surface area (Å²) in [5.74, 6) is 0. The van der Waals surface area contributed by atoms with E-state index >= 15 is 0 Å². The highest BCUT2D eigenvalue weighted by Gasteiger charge is 2.42. The van der Waals surface area contributed by atoms with Crippen molar-refractivity contribution in [3.63, 3.8) is 0 Å². The van der Waals surface area contributed by atoms with E-state index in [2.05, 4.69) is 113 Å². The Kier molecular flexibility index (Phi) is 11.0. The predicted molar refractivity (Wildman–Crippen MR) is 189 cm³/mol. The second-order valence-corrected chi connectivity index (χ2v) is 13.4. The first kappa shape index (κ1) is 31.3. The van der Waals surface area contributed by atoms with Crippen molar-refractivity contribution in [2.75, 3.05) is 0 Å². The molecule has 1 aliphatic rings. The molecule has 0 radical (unpaired) electrons. The van der Waals surface area contributed by atoms with Crippen LogP contribution in [0.3, 0.4) is 0 Å². The molecule has 0 saturated carbocycles. The molecule has 0 heteroatoms. The first-order chi connectivity index (χ1) is 21.1. The van der Waals surface area contributed by atoms with Crippen LogP contribution >= 0.6 is 0 Å². The second kappa shape index (κ2) is 15.1. The van der Waals surface area contributed by atoms with Gasteiger partial charge < -0.3 is 0 Å². The molecule has 0 fully saturated rings. The molecular formula is C43H54. The number of aryl methyl sites for hydroxylation is 2. The summed E-state index contributed by atoms with van der Waals surface area (Å²) < 4.78 is 0. The summed E-state index contributed by atoms with van der Waals surface area (Å²) in [4.78, 5) is 0. The molecule has 5 rings (SSSR count). The number of rotatable bonds is 16. The normalized spacial score (nSPS) is 13.2. The van der Waals surface area contributed by atoms with Gasteiger partial charge in [0, 0.05) is 5.41 Å². The Hall–Kier alpha value is -3.12. The van der Waals surface area contributed by atoms with Crippen molar-refractivity contribution in [3.8, 4) is 33.4 Å². The van der Waals surface area contributed by atoms with Gasteiger partial charge in [0.05, 0.1) is 0 Å². The van der Waals surface area contributed by atoms with Crippen molar-refractivity contribution in [2.45, 2.75) is 123 Å². The number of hydrogen-bond donors (Lipinski definition) is 0. The summed E-state index contributed by atoms with van der Waals surface area (Å²) in [5, 5.41) is 0. The second-order valence-electron chi connectivity index (χ2n) is 13.4. The molecule has 1 aliphatic carbocycles. The Balaban J connectivity index is 1.56. The van der Waals surface area contributed by atoms with E-state index in [0.717, 1.165) is 0 Å². The SMILES string of the molecule is CCCCCCCCC1(CCCCCCCC)c2cc(-c3ccc(C)cc3)ccc2-c2ccc(-c3ccc(C)cc3)cc21. The highest BCUT2D eigenvalue weighted by molar-refractivity contribution is 5.86. The van der Waals surface area contributed by atoms with Gasteiger partial charge in [-0.05, 0) is 83.3 Å². The molecular weight excluding hydrogens is 516 g/mol. The zero-order chi connectivity index (χ0) is 30.1. The van der Waals surface area contributed by atoms with Crippen molar-refractivity contribution in [1.29, 1.82) is 0 Å². The van der Waals surface area contributed by atoms with E-state index in [1.807, 2.05) is 0 Å². The standard InChI is InChI=1S/C43H54/c1-5-7-9-11-13-15-29-43(30-16-14-12-10-8-6-2)41-31-37(35-21-17-33(3)18-22-35)25-27-39(41)40-28-26-38(32-42(40)43)36-23-19-34(4)20-24-36/h17-28,31-32H,5-16,29-30H2,1-4H3. The highest BCUT2D eigenvalue weighted by atomic mass is 14.5. The van der Waals surface area contributed by atoms with E-state index < -0.39 is 0 Å². The van der Waals surface area contributed by atoms with Crippen molar-refractivity contribution in [1.82, 2.24) is 0 Å². The number of hydrogen-bond acceptors (Lipinski definition) is 0. The van der Waals surface area contributed by atoms with Gasteiger partial charge in [-0.1, -0.05) is 175 Å². The fourth-order valence-corrected chi connectivity index (χ4v) is 7.42. The molecule has 4 aromatic rings. The van der Waals surface area contributed by atoms with Crippen LogP contribution in [-0.2, 0) is 5.41 Å². The third-order valence-corrected chi connectivity index (χ3v) is 10.0. The molecule has 0 unspecified atom stereocenters. The van der Waals surface area contributed by atoms with E-state index in [-0.39, 0.29) is 5.41 Å². The number of unbranched alkanes of at least 4 members (excludes halogenated alkanes) is 10. The molecule has 0 nitrogen and oxygen atoms in total. The lowest BCUT2D eigenvalue weighted by Crippen LogP contribution is -2.25. The highest BCUT2D eigenvalue weighted by Crippen LogP contribution is 2.55. The smallest absolute Gasteiger partial charge is 0.0215 e. The van der Waals surface area contributed by atoms with E-state index in [1.54, 1.807) is 11.1 Å². The Morgan fingerprint density at radius 1 is 0.395 bits per heavy atom. The van der Waals surface area contributed by atoms with Gasteiger partial charge in [-0.2, -0.15) is 0 Å². The Morgan fingerprint density at radius 3 is 1.14 bits per heavy atom. The molecule has 0 heterocycles. The quantitative estimate of drug-likeness (QED) is 0.118. The molecule has 0 amide bonds. The average Bonchev–Trinajstić information content (AvgIpc) is 3.29. The number of benzene rings is 4. The van der Waals surface area contributed by atoms with Crippen molar-refractivity contribution in [2.24, 2.45) is 0 Å². The van der Waals surface area contributed by atoms with Gasteiger partial charge in [0.1, 0.15) is 0 Å². The third kappa shape index (κ3) is 7.34. The van der Waals surface area contributed by atoms with Crippen LogP contribution in [0, 0.1) is 13.8 Å².